The van der Waals surface area contributed by atoms with Crippen molar-refractivity contribution in [1.29, 1.82) is 0 Å². The van der Waals surface area contributed by atoms with Crippen LogP contribution in [0.4, 0.5) is 5.69 Å². The number of fused-ring (bicyclic) bond motifs is 3. The molecular weight excluding hydrogens is 522 g/mol. The number of ether oxygens (including phenoxy) is 1. The Bertz CT molecular complexity index is 1370. The van der Waals surface area contributed by atoms with Crippen LogP contribution in [-0.2, 0) is 14.3 Å². The van der Waals surface area contributed by atoms with Crippen LogP contribution in [0.1, 0.15) is 32.4 Å². The Morgan fingerprint density at radius 3 is 1.97 bits per heavy atom. The van der Waals surface area contributed by atoms with E-state index in [0.717, 1.165) is 9.37 Å². The molecule has 6 rings (SSSR count). The number of amides is 2. The van der Waals surface area contributed by atoms with Gasteiger partial charge in [-0.05, 0) is 42.0 Å². The van der Waals surface area contributed by atoms with Gasteiger partial charge in [-0.25, -0.2) is 4.90 Å². The predicted molar refractivity (Wildman–Crippen MR) is 127 cm³/mol. The van der Waals surface area contributed by atoms with Crippen molar-refractivity contribution in [2.75, 3.05) is 4.90 Å². The minimum Gasteiger partial charge on any atom is -0.349 e. The van der Waals surface area contributed by atoms with E-state index in [9.17, 15) is 19.2 Å². The van der Waals surface area contributed by atoms with Crippen LogP contribution < -0.4 is 4.90 Å². The van der Waals surface area contributed by atoms with E-state index in [1.165, 1.54) is 0 Å². The maximum atomic E-state index is 13.8. The Morgan fingerprint density at radius 1 is 0.794 bits per heavy atom. The average molecular weight is 537 g/mol. The van der Waals surface area contributed by atoms with E-state index in [1.54, 1.807) is 72.8 Å². The van der Waals surface area contributed by atoms with Crippen molar-refractivity contribution < 1.29 is 23.9 Å². The molecule has 0 radical (unpaired) electrons. The first-order valence-electron chi connectivity index (χ1n) is 10.6. The van der Waals surface area contributed by atoms with Gasteiger partial charge in [0.25, 0.3) is 0 Å². The van der Waals surface area contributed by atoms with Crippen molar-refractivity contribution >= 4 is 56.6 Å². The molecule has 3 aromatic rings. The minimum atomic E-state index is -2.09. The van der Waals surface area contributed by atoms with E-state index in [4.69, 9.17) is 16.3 Å². The van der Waals surface area contributed by atoms with Gasteiger partial charge in [-0.15, -0.1) is 0 Å². The van der Waals surface area contributed by atoms with Crippen LogP contribution in [0.15, 0.2) is 77.3 Å². The van der Waals surface area contributed by atoms with E-state index >= 15 is 0 Å². The van der Waals surface area contributed by atoms with Crippen molar-refractivity contribution in [2.45, 2.75) is 11.7 Å². The standard InChI is InChI=1S/C26H15BrClNO5/c27-14-7-11-16(12-8-14)29-24(32)19-20(25(29)33)26(34-21(19)13-5-9-15(28)10-6-13)22(30)17-3-1-2-4-18(17)23(26)31/h1-12,19-21H/t19-,20+,21+/m1/s1. The van der Waals surface area contributed by atoms with E-state index in [2.05, 4.69) is 15.9 Å². The third kappa shape index (κ3) is 2.72. The summed E-state index contributed by atoms with van der Waals surface area (Å²) in [6, 6.07) is 19.8. The molecule has 1 spiro atoms. The summed E-state index contributed by atoms with van der Waals surface area (Å²) in [5.74, 6) is -4.62. The van der Waals surface area contributed by atoms with Crippen molar-refractivity contribution in [2.24, 2.45) is 11.8 Å². The molecule has 2 fully saturated rings. The van der Waals surface area contributed by atoms with E-state index in [-0.39, 0.29) is 11.1 Å². The Balaban J connectivity index is 1.54. The van der Waals surface area contributed by atoms with Crippen molar-refractivity contribution in [3.63, 3.8) is 0 Å². The third-order valence-electron chi connectivity index (χ3n) is 6.80. The van der Waals surface area contributed by atoms with Crippen molar-refractivity contribution in [3.8, 4) is 0 Å². The summed E-state index contributed by atoms with van der Waals surface area (Å²) >= 11 is 9.39. The normalized spacial score (nSPS) is 24.8. The molecule has 3 atom stereocenters. The monoisotopic (exact) mass is 535 g/mol. The lowest BCUT2D eigenvalue weighted by atomic mass is 9.77. The zero-order chi connectivity index (χ0) is 23.8. The lowest BCUT2D eigenvalue weighted by Gasteiger charge is -2.27. The Labute approximate surface area is 207 Å². The second kappa shape index (κ2) is 7.43. The number of carbonyl (C=O) groups excluding carboxylic acids is 4. The first-order valence-corrected chi connectivity index (χ1v) is 11.8. The van der Waals surface area contributed by atoms with Gasteiger partial charge >= 0.3 is 0 Å². The quantitative estimate of drug-likeness (QED) is 0.347. The summed E-state index contributed by atoms with van der Waals surface area (Å²) in [5, 5.41) is 0.485. The molecule has 0 bridgehead atoms. The maximum Gasteiger partial charge on any atom is 0.241 e. The minimum absolute atomic E-state index is 0.199. The van der Waals surface area contributed by atoms with Crippen LogP contribution in [0.5, 0.6) is 0 Å². The number of ketones is 2. The Hall–Kier alpha value is -3.13. The molecule has 2 saturated heterocycles. The number of nitrogens with zero attached hydrogens (tertiary/aromatic N) is 1. The van der Waals surface area contributed by atoms with Gasteiger partial charge < -0.3 is 4.74 Å². The van der Waals surface area contributed by atoms with Gasteiger partial charge in [0.05, 0.1) is 23.6 Å². The van der Waals surface area contributed by atoms with Gasteiger partial charge in [0.15, 0.2) is 0 Å². The molecule has 6 nitrogen and oxygen atoms in total. The van der Waals surface area contributed by atoms with E-state index in [0.29, 0.717) is 16.3 Å². The molecule has 34 heavy (non-hydrogen) atoms. The molecule has 0 N–H and O–H groups in total. The summed E-state index contributed by atoms with van der Waals surface area (Å²) in [5.41, 5.74) is -0.759. The number of carbonyl (C=O) groups is 4. The smallest absolute Gasteiger partial charge is 0.241 e. The highest BCUT2D eigenvalue weighted by Gasteiger charge is 2.74. The van der Waals surface area contributed by atoms with Gasteiger partial charge in [0, 0.05) is 20.6 Å². The van der Waals surface area contributed by atoms with Crippen LogP contribution >= 0.6 is 27.5 Å². The topological polar surface area (TPSA) is 80.8 Å². The van der Waals surface area contributed by atoms with Gasteiger partial charge in [-0.3, -0.25) is 19.2 Å². The molecule has 168 valence electrons. The highest BCUT2D eigenvalue weighted by molar-refractivity contribution is 9.10. The van der Waals surface area contributed by atoms with E-state index < -0.39 is 46.9 Å². The summed E-state index contributed by atoms with van der Waals surface area (Å²) in [4.78, 5) is 56.0. The van der Waals surface area contributed by atoms with Gasteiger partial charge in [0.1, 0.15) is 0 Å². The summed E-state index contributed by atoms with van der Waals surface area (Å²) < 4.78 is 7.02. The first kappa shape index (κ1) is 21.4. The van der Waals surface area contributed by atoms with Crippen LogP contribution in [0.3, 0.4) is 0 Å². The number of halogens is 2. The van der Waals surface area contributed by atoms with Gasteiger partial charge in [0.2, 0.25) is 29.0 Å². The SMILES string of the molecule is O=C1[C@@H]2[C@@H](C(=O)N1c1ccc(Br)cc1)C1(O[C@H]2c2ccc(Cl)cc2)C(=O)c2ccccc2C1=O. The second-order valence-electron chi connectivity index (χ2n) is 8.52. The number of hydrogen-bond acceptors (Lipinski definition) is 5. The molecule has 8 heteroatoms. The molecule has 1 aliphatic carbocycles. The highest BCUT2D eigenvalue weighted by atomic mass is 79.9. The summed E-state index contributed by atoms with van der Waals surface area (Å²) in [6.45, 7) is 0. The molecule has 0 aromatic heterocycles. The van der Waals surface area contributed by atoms with Gasteiger partial charge in [-0.1, -0.05) is 63.9 Å². The van der Waals surface area contributed by atoms with Crippen LogP contribution in [0.25, 0.3) is 0 Å². The maximum absolute atomic E-state index is 13.8. The Kier molecular flexibility index (Phi) is 4.68. The lowest BCUT2D eigenvalue weighted by molar-refractivity contribution is -0.127. The van der Waals surface area contributed by atoms with Crippen LogP contribution in [-0.4, -0.2) is 29.0 Å². The van der Waals surface area contributed by atoms with Crippen molar-refractivity contribution in [3.05, 3.63) is 99.0 Å². The average Bonchev–Trinajstić information content (AvgIpc) is 3.40. The fraction of sp³-hybridized carbons (Fsp3) is 0.154. The molecule has 0 saturated carbocycles. The Morgan fingerprint density at radius 2 is 1.38 bits per heavy atom. The molecule has 3 aromatic carbocycles. The summed E-state index contributed by atoms with van der Waals surface area (Å²) in [6.07, 6.45) is -0.971. The fourth-order valence-electron chi connectivity index (χ4n) is 5.32. The zero-order valence-corrected chi connectivity index (χ0v) is 19.7. The molecule has 3 aliphatic rings. The highest BCUT2D eigenvalue weighted by Crippen LogP contribution is 2.57. The first-order chi connectivity index (χ1) is 16.3. The van der Waals surface area contributed by atoms with Crippen molar-refractivity contribution in [1.82, 2.24) is 0 Å². The largest absolute Gasteiger partial charge is 0.349 e. The number of imide groups is 1. The molecule has 0 unspecified atom stereocenters. The number of benzene rings is 3. The lowest BCUT2D eigenvalue weighted by Crippen LogP contribution is -2.51. The van der Waals surface area contributed by atoms with Crippen LogP contribution in [0.2, 0.25) is 5.02 Å². The molecule has 2 aliphatic heterocycles. The second-order valence-corrected chi connectivity index (χ2v) is 9.87. The summed E-state index contributed by atoms with van der Waals surface area (Å²) in [7, 11) is 0. The predicted octanol–water partition coefficient (Wildman–Crippen LogP) is 4.80. The van der Waals surface area contributed by atoms with Crippen LogP contribution in [0, 0.1) is 11.8 Å². The fourth-order valence-corrected chi connectivity index (χ4v) is 5.71. The zero-order valence-electron chi connectivity index (χ0n) is 17.4. The third-order valence-corrected chi connectivity index (χ3v) is 7.58. The number of rotatable bonds is 2. The molecular formula is C26H15BrClNO5. The van der Waals surface area contributed by atoms with E-state index in [1.807, 2.05) is 0 Å². The molecule has 2 heterocycles. The number of hydrogen-bond donors (Lipinski definition) is 0. The number of anilines is 1. The van der Waals surface area contributed by atoms with Gasteiger partial charge in [-0.2, -0.15) is 0 Å². The number of Topliss-reactive ketones (excluding diaryl/α,β-unsaturated/α-hetero) is 2. The molecule has 2 amide bonds.